The second-order valence-electron chi connectivity index (χ2n) is 6.52. The number of hydrogen-bond acceptors (Lipinski definition) is 4. The predicted molar refractivity (Wildman–Crippen MR) is 102 cm³/mol. The van der Waals surface area contributed by atoms with Crippen LogP contribution in [0.4, 0.5) is 0 Å². The van der Waals surface area contributed by atoms with Gasteiger partial charge < -0.3 is 0 Å². The molecule has 0 saturated carbocycles. The van der Waals surface area contributed by atoms with E-state index in [9.17, 15) is 0 Å². The van der Waals surface area contributed by atoms with Crippen LogP contribution in [-0.2, 0) is 13.1 Å². The van der Waals surface area contributed by atoms with Crippen LogP contribution in [0.1, 0.15) is 11.1 Å². The van der Waals surface area contributed by atoms with Crippen LogP contribution in [0.2, 0.25) is 5.02 Å². The van der Waals surface area contributed by atoms with Gasteiger partial charge in [0.2, 0.25) is 0 Å². The first-order valence-corrected chi connectivity index (χ1v) is 9.03. The summed E-state index contributed by atoms with van der Waals surface area (Å²) in [4.78, 5) is 13.9. The van der Waals surface area contributed by atoms with E-state index >= 15 is 0 Å². The summed E-state index contributed by atoms with van der Waals surface area (Å²) in [5.74, 6) is 0. The van der Waals surface area contributed by atoms with Gasteiger partial charge in [-0.1, -0.05) is 35.9 Å². The molecule has 1 aliphatic rings. The molecule has 0 spiro atoms. The summed E-state index contributed by atoms with van der Waals surface area (Å²) in [7, 11) is 0. The average molecular weight is 353 g/mol. The number of rotatable bonds is 4. The minimum Gasteiger partial charge on any atom is -0.297 e. The highest BCUT2D eigenvalue weighted by atomic mass is 35.5. The van der Waals surface area contributed by atoms with Crippen LogP contribution in [0.5, 0.6) is 0 Å². The van der Waals surface area contributed by atoms with Gasteiger partial charge in [-0.15, -0.1) is 0 Å². The molecule has 25 heavy (non-hydrogen) atoms. The molecule has 0 aliphatic carbocycles. The summed E-state index contributed by atoms with van der Waals surface area (Å²) in [5, 5.41) is 0.798. The maximum Gasteiger partial charge on any atom is 0.0931 e. The Morgan fingerprint density at radius 1 is 0.800 bits per heavy atom. The molecule has 0 unspecified atom stereocenters. The second-order valence-corrected chi connectivity index (χ2v) is 6.96. The van der Waals surface area contributed by atoms with E-state index in [1.807, 2.05) is 18.2 Å². The lowest BCUT2D eigenvalue weighted by Crippen LogP contribution is -2.45. The lowest BCUT2D eigenvalue weighted by Gasteiger charge is -2.34. The van der Waals surface area contributed by atoms with Crippen molar-refractivity contribution in [3.63, 3.8) is 0 Å². The molecule has 0 atom stereocenters. The van der Waals surface area contributed by atoms with Crippen molar-refractivity contribution in [1.29, 1.82) is 0 Å². The van der Waals surface area contributed by atoms with Crippen LogP contribution in [0.3, 0.4) is 0 Å². The molecule has 0 radical (unpaired) electrons. The average Bonchev–Trinajstić information content (AvgIpc) is 2.65. The molecule has 4 rings (SSSR count). The van der Waals surface area contributed by atoms with E-state index in [2.05, 4.69) is 44.0 Å². The maximum atomic E-state index is 5.96. The summed E-state index contributed by atoms with van der Waals surface area (Å²) in [6.07, 6.45) is 3.53. The number of fused-ring (bicyclic) bond motifs is 1. The highest BCUT2D eigenvalue weighted by Gasteiger charge is 2.18. The first-order chi connectivity index (χ1) is 12.3. The third-order valence-corrected chi connectivity index (χ3v) is 5.01. The molecule has 3 aromatic rings. The number of piperazine rings is 1. The van der Waals surface area contributed by atoms with Gasteiger partial charge in [-0.05, 0) is 29.3 Å². The van der Waals surface area contributed by atoms with E-state index in [1.165, 1.54) is 11.1 Å². The van der Waals surface area contributed by atoms with E-state index in [0.717, 1.165) is 55.3 Å². The zero-order chi connectivity index (χ0) is 17.1. The molecule has 1 aliphatic heterocycles. The molecule has 1 aromatic heterocycles. The Bertz CT molecular complexity index is 836. The van der Waals surface area contributed by atoms with E-state index in [1.54, 1.807) is 12.4 Å². The highest BCUT2D eigenvalue weighted by molar-refractivity contribution is 6.30. The quantitative estimate of drug-likeness (QED) is 0.718. The normalized spacial score (nSPS) is 16.4. The molecular formula is C20H21ClN4. The lowest BCUT2D eigenvalue weighted by atomic mass is 10.1. The zero-order valence-electron chi connectivity index (χ0n) is 14.1. The Balaban J connectivity index is 1.36. The lowest BCUT2D eigenvalue weighted by molar-refractivity contribution is 0.122. The Labute approximate surface area is 153 Å². The molecule has 4 nitrogen and oxygen atoms in total. The molecule has 128 valence electrons. The van der Waals surface area contributed by atoms with Crippen molar-refractivity contribution in [3.8, 4) is 0 Å². The molecular weight excluding hydrogens is 332 g/mol. The zero-order valence-corrected chi connectivity index (χ0v) is 14.9. The molecule has 5 heteroatoms. The third kappa shape index (κ3) is 3.98. The van der Waals surface area contributed by atoms with Crippen LogP contribution in [0, 0.1) is 0 Å². The van der Waals surface area contributed by atoms with Gasteiger partial charge >= 0.3 is 0 Å². The SMILES string of the molecule is Clc1ccc(CN2CCN(Cc3cccc4nccnc34)CC2)cc1. The minimum absolute atomic E-state index is 0.798. The summed E-state index contributed by atoms with van der Waals surface area (Å²) in [6.45, 7) is 6.24. The van der Waals surface area contributed by atoms with E-state index in [-0.39, 0.29) is 0 Å². The molecule has 2 aromatic carbocycles. The first kappa shape index (κ1) is 16.5. The molecule has 0 amide bonds. The Morgan fingerprint density at radius 3 is 2.24 bits per heavy atom. The van der Waals surface area contributed by atoms with Crippen LogP contribution >= 0.6 is 11.6 Å². The fourth-order valence-corrected chi connectivity index (χ4v) is 3.50. The smallest absolute Gasteiger partial charge is 0.0931 e. The maximum absolute atomic E-state index is 5.96. The van der Waals surface area contributed by atoms with E-state index in [0.29, 0.717) is 0 Å². The summed E-state index contributed by atoms with van der Waals surface area (Å²) in [6, 6.07) is 14.4. The van der Waals surface area contributed by atoms with Gasteiger partial charge in [-0.2, -0.15) is 0 Å². The molecule has 0 bridgehead atoms. The van der Waals surface area contributed by atoms with Gasteiger partial charge in [0.05, 0.1) is 11.0 Å². The number of nitrogens with zero attached hydrogens (tertiary/aromatic N) is 4. The number of halogens is 1. The minimum atomic E-state index is 0.798. The third-order valence-electron chi connectivity index (χ3n) is 4.76. The van der Waals surface area contributed by atoms with Crippen molar-refractivity contribution < 1.29 is 0 Å². The largest absolute Gasteiger partial charge is 0.297 e. The van der Waals surface area contributed by atoms with Gasteiger partial charge in [0.1, 0.15) is 0 Å². The van der Waals surface area contributed by atoms with Gasteiger partial charge in [0.25, 0.3) is 0 Å². The Hall–Kier alpha value is -2.01. The molecule has 2 heterocycles. The van der Waals surface area contributed by atoms with Crippen molar-refractivity contribution in [2.24, 2.45) is 0 Å². The van der Waals surface area contributed by atoms with E-state index in [4.69, 9.17) is 11.6 Å². The van der Waals surface area contributed by atoms with Gasteiger partial charge in [0, 0.05) is 56.7 Å². The van der Waals surface area contributed by atoms with Crippen LogP contribution in [-0.4, -0.2) is 45.9 Å². The van der Waals surface area contributed by atoms with Gasteiger partial charge in [0.15, 0.2) is 0 Å². The fourth-order valence-electron chi connectivity index (χ4n) is 3.37. The Morgan fingerprint density at radius 2 is 1.48 bits per heavy atom. The van der Waals surface area contributed by atoms with Crippen molar-refractivity contribution in [2.45, 2.75) is 13.1 Å². The number of hydrogen-bond donors (Lipinski definition) is 0. The predicted octanol–water partition coefficient (Wildman–Crippen LogP) is 3.60. The summed E-state index contributed by atoms with van der Waals surface area (Å²) >= 11 is 5.96. The fraction of sp³-hybridized carbons (Fsp3) is 0.300. The van der Waals surface area contributed by atoms with Crippen molar-refractivity contribution in [1.82, 2.24) is 19.8 Å². The second kappa shape index (κ2) is 7.48. The molecule has 1 saturated heterocycles. The standard InChI is InChI=1S/C20H21ClN4/c21-18-6-4-16(5-7-18)14-24-10-12-25(13-11-24)15-17-2-1-3-19-20(17)23-9-8-22-19/h1-9H,10-15H2. The van der Waals surface area contributed by atoms with Crippen LogP contribution < -0.4 is 0 Å². The van der Waals surface area contributed by atoms with Crippen molar-refractivity contribution in [3.05, 3.63) is 71.0 Å². The van der Waals surface area contributed by atoms with Crippen LogP contribution in [0.15, 0.2) is 54.9 Å². The number of benzene rings is 2. The highest BCUT2D eigenvalue weighted by Crippen LogP contribution is 2.18. The van der Waals surface area contributed by atoms with Gasteiger partial charge in [-0.25, -0.2) is 0 Å². The topological polar surface area (TPSA) is 32.3 Å². The molecule has 1 fully saturated rings. The number of para-hydroxylation sites is 1. The monoisotopic (exact) mass is 352 g/mol. The summed E-state index contributed by atoms with van der Waals surface area (Å²) in [5.41, 5.74) is 4.58. The number of aromatic nitrogens is 2. The van der Waals surface area contributed by atoms with Gasteiger partial charge in [-0.3, -0.25) is 19.8 Å². The van der Waals surface area contributed by atoms with Crippen molar-refractivity contribution >= 4 is 22.6 Å². The summed E-state index contributed by atoms with van der Waals surface area (Å²) < 4.78 is 0. The van der Waals surface area contributed by atoms with Crippen molar-refractivity contribution in [2.75, 3.05) is 26.2 Å². The van der Waals surface area contributed by atoms with E-state index < -0.39 is 0 Å². The molecule has 0 N–H and O–H groups in total. The van der Waals surface area contributed by atoms with Crippen LogP contribution in [0.25, 0.3) is 11.0 Å². The first-order valence-electron chi connectivity index (χ1n) is 8.66. The Kier molecular flexibility index (Phi) is 4.92.